The highest BCUT2D eigenvalue weighted by molar-refractivity contribution is 5.93. The molecule has 0 saturated carbocycles. The van der Waals surface area contributed by atoms with Gasteiger partial charge in [-0.1, -0.05) is 0 Å². The molecule has 1 saturated heterocycles. The second kappa shape index (κ2) is 7.28. The molecule has 1 aromatic heterocycles. The maximum Gasteiger partial charge on any atom is 0.257 e. The molecule has 19 heavy (non-hydrogen) atoms. The van der Waals surface area contributed by atoms with E-state index in [4.69, 9.17) is 14.3 Å². The van der Waals surface area contributed by atoms with Crippen LogP contribution in [0.1, 0.15) is 10.4 Å². The molecule has 1 N–H and O–H groups in total. The van der Waals surface area contributed by atoms with E-state index >= 15 is 0 Å². The first kappa shape index (κ1) is 14.0. The van der Waals surface area contributed by atoms with Crippen molar-refractivity contribution in [2.24, 2.45) is 0 Å². The Balaban J connectivity index is 1.69. The van der Waals surface area contributed by atoms with Gasteiger partial charge in [0, 0.05) is 32.7 Å². The summed E-state index contributed by atoms with van der Waals surface area (Å²) in [6.45, 7) is 5.07. The number of ether oxygens (including phenoxy) is 1. The second-order valence-electron chi connectivity index (χ2n) is 4.48. The number of amides is 1. The Morgan fingerprint density at radius 1 is 1.32 bits per heavy atom. The summed E-state index contributed by atoms with van der Waals surface area (Å²) >= 11 is 0. The van der Waals surface area contributed by atoms with E-state index in [1.165, 1.54) is 12.5 Å². The van der Waals surface area contributed by atoms with Crippen LogP contribution in [-0.4, -0.2) is 73.4 Å². The van der Waals surface area contributed by atoms with Crippen LogP contribution in [0.2, 0.25) is 0 Å². The molecule has 0 unspecified atom stereocenters. The lowest BCUT2D eigenvalue weighted by molar-refractivity contribution is 0.0486. The number of hydrogen-bond donors (Lipinski definition) is 1. The molecule has 0 spiro atoms. The number of hydrogen-bond acceptors (Lipinski definition) is 5. The minimum Gasteiger partial charge on any atom is -0.472 e. The zero-order chi connectivity index (χ0) is 13.5. The van der Waals surface area contributed by atoms with Crippen molar-refractivity contribution in [1.29, 1.82) is 0 Å². The zero-order valence-electron chi connectivity index (χ0n) is 11.0. The normalized spacial score (nSPS) is 16.8. The monoisotopic (exact) mass is 268 g/mol. The largest absolute Gasteiger partial charge is 0.472 e. The molecule has 2 heterocycles. The Morgan fingerprint density at radius 3 is 2.74 bits per heavy atom. The van der Waals surface area contributed by atoms with E-state index in [9.17, 15) is 4.79 Å². The van der Waals surface area contributed by atoms with E-state index in [1.807, 2.05) is 4.90 Å². The van der Waals surface area contributed by atoms with Crippen molar-refractivity contribution in [2.75, 3.05) is 52.5 Å². The van der Waals surface area contributed by atoms with Crippen LogP contribution in [-0.2, 0) is 4.74 Å². The van der Waals surface area contributed by atoms with Gasteiger partial charge in [-0.15, -0.1) is 0 Å². The molecule has 6 nitrogen and oxygen atoms in total. The quantitative estimate of drug-likeness (QED) is 0.738. The summed E-state index contributed by atoms with van der Waals surface area (Å²) in [4.78, 5) is 16.2. The Hall–Kier alpha value is -1.37. The number of rotatable bonds is 6. The fourth-order valence-electron chi connectivity index (χ4n) is 2.10. The van der Waals surface area contributed by atoms with E-state index in [0.29, 0.717) is 18.8 Å². The van der Waals surface area contributed by atoms with Crippen molar-refractivity contribution in [2.45, 2.75) is 0 Å². The fourth-order valence-corrected chi connectivity index (χ4v) is 2.10. The van der Waals surface area contributed by atoms with Gasteiger partial charge in [0.2, 0.25) is 0 Å². The van der Waals surface area contributed by atoms with Crippen LogP contribution in [0.3, 0.4) is 0 Å². The highest BCUT2D eigenvalue weighted by Crippen LogP contribution is 2.09. The minimum absolute atomic E-state index is 0.0323. The van der Waals surface area contributed by atoms with Crippen LogP contribution in [0.25, 0.3) is 0 Å². The van der Waals surface area contributed by atoms with Gasteiger partial charge in [0.15, 0.2) is 0 Å². The number of piperazine rings is 1. The van der Waals surface area contributed by atoms with Gasteiger partial charge in [-0.25, -0.2) is 0 Å². The molecule has 2 rings (SSSR count). The molecule has 1 aromatic rings. The van der Waals surface area contributed by atoms with E-state index in [-0.39, 0.29) is 12.5 Å². The van der Waals surface area contributed by atoms with Gasteiger partial charge in [-0.3, -0.25) is 9.69 Å². The summed E-state index contributed by atoms with van der Waals surface area (Å²) in [5, 5.41) is 8.60. The Bertz CT molecular complexity index is 372. The lowest BCUT2D eigenvalue weighted by Crippen LogP contribution is -2.49. The van der Waals surface area contributed by atoms with Crippen LogP contribution in [0.15, 0.2) is 23.0 Å². The van der Waals surface area contributed by atoms with Crippen molar-refractivity contribution in [3.05, 3.63) is 24.2 Å². The molecule has 1 aliphatic rings. The maximum atomic E-state index is 12.1. The molecule has 1 fully saturated rings. The van der Waals surface area contributed by atoms with Crippen molar-refractivity contribution in [3.8, 4) is 0 Å². The number of furan rings is 1. The molecule has 106 valence electrons. The summed E-state index contributed by atoms with van der Waals surface area (Å²) in [7, 11) is 0. The summed E-state index contributed by atoms with van der Waals surface area (Å²) < 4.78 is 10.2. The molecule has 0 aliphatic carbocycles. The smallest absolute Gasteiger partial charge is 0.257 e. The highest BCUT2D eigenvalue weighted by atomic mass is 16.5. The maximum absolute atomic E-state index is 12.1. The lowest BCUT2D eigenvalue weighted by atomic mass is 10.2. The van der Waals surface area contributed by atoms with Crippen LogP contribution in [0.5, 0.6) is 0 Å². The van der Waals surface area contributed by atoms with Gasteiger partial charge >= 0.3 is 0 Å². The first-order valence-corrected chi connectivity index (χ1v) is 6.53. The molecule has 0 aromatic carbocycles. The van der Waals surface area contributed by atoms with Gasteiger partial charge < -0.3 is 19.2 Å². The molecule has 0 radical (unpaired) electrons. The van der Waals surface area contributed by atoms with Crippen molar-refractivity contribution in [1.82, 2.24) is 9.80 Å². The van der Waals surface area contributed by atoms with Gasteiger partial charge in [0.1, 0.15) is 6.26 Å². The molecular formula is C13H20N2O4. The van der Waals surface area contributed by atoms with E-state index in [1.54, 1.807) is 6.07 Å². The van der Waals surface area contributed by atoms with Gasteiger partial charge in [0.05, 0.1) is 31.6 Å². The Morgan fingerprint density at radius 2 is 2.11 bits per heavy atom. The van der Waals surface area contributed by atoms with Gasteiger partial charge in [0.25, 0.3) is 5.91 Å². The molecule has 0 bridgehead atoms. The summed E-state index contributed by atoms with van der Waals surface area (Å²) in [6.07, 6.45) is 3.00. The molecule has 6 heteroatoms. The third-order valence-electron chi connectivity index (χ3n) is 3.22. The fraction of sp³-hybridized carbons (Fsp3) is 0.615. The van der Waals surface area contributed by atoms with Crippen molar-refractivity contribution >= 4 is 5.91 Å². The SMILES string of the molecule is O=C(c1ccoc1)N1CCN(CCOCCO)CC1. The lowest BCUT2D eigenvalue weighted by Gasteiger charge is -2.34. The van der Waals surface area contributed by atoms with Crippen LogP contribution >= 0.6 is 0 Å². The highest BCUT2D eigenvalue weighted by Gasteiger charge is 2.22. The summed E-state index contributed by atoms with van der Waals surface area (Å²) in [5.41, 5.74) is 0.611. The molecule has 1 aliphatic heterocycles. The van der Waals surface area contributed by atoms with Crippen molar-refractivity contribution < 1.29 is 19.1 Å². The number of aliphatic hydroxyl groups excluding tert-OH is 1. The van der Waals surface area contributed by atoms with Crippen LogP contribution in [0.4, 0.5) is 0 Å². The van der Waals surface area contributed by atoms with E-state index in [0.717, 1.165) is 32.7 Å². The summed E-state index contributed by atoms with van der Waals surface area (Å²) in [5.74, 6) is 0.0323. The minimum atomic E-state index is 0.0323. The third kappa shape index (κ3) is 4.05. The first-order valence-electron chi connectivity index (χ1n) is 6.53. The predicted molar refractivity (Wildman–Crippen MR) is 69.0 cm³/mol. The zero-order valence-corrected chi connectivity index (χ0v) is 11.0. The standard InChI is InChI=1S/C13H20N2O4/c16-7-10-18-9-6-14-2-4-15(5-3-14)13(17)12-1-8-19-11-12/h1,8,11,16H,2-7,9-10H2. The molecular weight excluding hydrogens is 248 g/mol. The second-order valence-corrected chi connectivity index (χ2v) is 4.48. The van der Waals surface area contributed by atoms with E-state index < -0.39 is 0 Å². The Kier molecular flexibility index (Phi) is 5.38. The predicted octanol–water partition coefficient (Wildman–Crippen LogP) is 0.0463. The molecule has 0 atom stereocenters. The number of nitrogens with zero attached hydrogens (tertiary/aromatic N) is 2. The topological polar surface area (TPSA) is 66.2 Å². The van der Waals surface area contributed by atoms with Gasteiger partial charge in [-0.2, -0.15) is 0 Å². The van der Waals surface area contributed by atoms with Gasteiger partial charge in [-0.05, 0) is 6.07 Å². The molecule has 1 amide bonds. The summed E-state index contributed by atoms with van der Waals surface area (Å²) in [6, 6.07) is 1.69. The number of carbonyl (C=O) groups excluding carboxylic acids is 1. The van der Waals surface area contributed by atoms with Crippen LogP contribution in [0, 0.1) is 0 Å². The Labute approximate surface area is 112 Å². The first-order chi connectivity index (χ1) is 9.31. The van der Waals surface area contributed by atoms with Crippen LogP contribution < -0.4 is 0 Å². The van der Waals surface area contributed by atoms with Crippen molar-refractivity contribution in [3.63, 3.8) is 0 Å². The van der Waals surface area contributed by atoms with E-state index in [2.05, 4.69) is 4.90 Å². The average molecular weight is 268 g/mol. The number of carbonyl (C=O) groups is 1. The third-order valence-corrected chi connectivity index (χ3v) is 3.22. The average Bonchev–Trinajstić information content (AvgIpc) is 2.98. The number of aliphatic hydroxyl groups is 1.